The fourth-order valence-electron chi connectivity index (χ4n) is 2.95. The second-order valence-corrected chi connectivity index (χ2v) is 5.30. The molecule has 2 aromatic carbocycles. The lowest BCUT2D eigenvalue weighted by atomic mass is 10.1. The maximum atomic E-state index is 5.53. The SMILES string of the molecule is C=C1OCCC1n1nc(-c2ccccc2)c2ccccc21. The van der Waals surface area contributed by atoms with Crippen LogP contribution in [0, 0.1) is 0 Å². The van der Waals surface area contributed by atoms with Crippen LogP contribution in [0.15, 0.2) is 66.9 Å². The number of benzene rings is 2. The summed E-state index contributed by atoms with van der Waals surface area (Å²) in [5.74, 6) is 0.808. The van der Waals surface area contributed by atoms with Gasteiger partial charge in [0.15, 0.2) is 0 Å². The van der Waals surface area contributed by atoms with E-state index >= 15 is 0 Å². The Morgan fingerprint density at radius 1 is 1.05 bits per heavy atom. The normalized spacial score (nSPS) is 18.1. The van der Waals surface area contributed by atoms with E-state index in [-0.39, 0.29) is 6.04 Å². The van der Waals surface area contributed by atoms with Gasteiger partial charge in [0.1, 0.15) is 17.5 Å². The lowest BCUT2D eigenvalue weighted by molar-refractivity contribution is 0.260. The molecule has 1 aromatic heterocycles. The Morgan fingerprint density at radius 2 is 1.81 bits per heavy atom. The summed E-state index contributed by atoms with van der Waals surface area (Å²) in [6.45, 7) is 4.74. The van der Waals surface area contributed by atoms with Gasteiger partial charge in [-0.2, -0.15) is 5.10 Å². The third-order valence-electron chi connectivity index (χ3n) is 4.01. The summed E-state index contributed by atoms with van der Waals surface area (Å²) in [5, 5.41) is 6.04. The lowest BCUT2D eigenvalue weighted by Crippen LogP contribution is -2.08. The number of hydrogen-bond donors (Lipinski definition) is 0. The Balaban J connectivity index is 1.95. The van der Waals surface area contributed by atoms with E-state index in [1.165, 1.54) is 5.39 Å². The van der Waals surface area contributed by atoms with Gasteiger partial charge in [-0.3, -0.25) is 4.68 Å². The standard InChI is InChI=1S/C18H16N2O/c1-13-16(11-12-21-13)20-17-10-6-5-9-15(17)18(19-20)14-7-3-2-4-8-14/h2-10,16H,1,11-12H2. The number of rotatable bonds is 2. The van der Waals surface area contributed by atoms with Crippen LogP contribution in [0.25, 0.3) is 22.2 Å². The largest absolute Gasteiger partial charge is 0.496 e. The first-order chi connectivity index (χ1) is 10.3. The summed E-state index contributed by atoms with van der Waals surface area (Å²) in [4.78, 5) is 0. The van der Waals surface area contributed by atoms with Gasteiger partial charge in [0.2, 0.25) is 0 Å². The van der Waals surface area contributed by atoms with Crippen LogP contribution in [0.5, 0.6) is 0 Å². The van der Waals surface area contributed by atoms with Gasteiger partial charge in [-0.25, -0.2) is 0 Å². The summed E-state index contributed by atoms with van der Waals surface area (Å²) >= 11 is 0. The van der Waals surface area contributed by atoms with Gasteiger partial charge in [-0.05, 0) is 6.07 Å². The summed E-state index contributed by atoms with van der Waals surface area (Å²) in [7, 11) is 0. The second-order valence-electron chi connectivity index (χ2n) is 5.30. The van der Waals surface area contributed by atoms with Gasteiger partial charge in [0.05, 0.1) is 12.1 Å². The molecular weight excluding hydrogens is 260 g/mol. The highest BCUT2D eigenvalue weighted by Gasteiger charge is 2.26. The smallest absolute Gasteiger partial charge is 0.114 e. The van der Waals surface area contributed by atoms with Crippen molar-refractivity contribution in [3.05, 3.63) is 66.9 Å². The van der Waals surface area contributed by atoms with Crippen LogP contribution in [-0.2, 0) is 4.74 Å². The summed E-state index contributed by atoms with van der Waals surface area (Å²) in [6, 6.07) is 18.8. The number of aromatic nitrogens is 2. The van der Waals surface area contributed by atoms with Crippen molar-refractivity contribution < 1.29 is 4.74 Å². The molecule has 3 heteroatoms. The lowest BCUT2D eigenvalue weighted by Gasteiger charge is -2.10. The minimum Gasteiger partial charge on any atom is -0.496 e. The Morgan fingerprint density at radius 3 is 2.57 bits per heavy atom. The van der Waals surface area contributed by atoms with Crippen LogP contribution in [0.1, 0.15) is 12.5 Å². The molecule has 0 radical (unpaired) electrons. The van der Waals surface area contributed by atoms with Crippen molar-refractivity contribution in [2.75, 3.05) is 6.61 Å². The highest BCUT2D eigenvalue weighted by Crippen LogP contribution is 2.34. The Bertz CT molecular complexity index is 804. The van der Waals surface area contributed by atoms with E-state index < -0.39 is 0 Å². The van der Waals surface area contributed by atoms with Gasteiger partial charge in [0, 0.05) is 17.4 Å². The van der Waals surface area contributed by atoms with Gasteiger partial charge in [-0.15, -0.1) is 0 Å². The van der Waals surface area contributed by atoms with Crippen LogP contribution in [-0.4, -0.2) is 16.4 Å². The molecule has 0 saturated carbocycles. The van der Waals surface area contributed by atoms with Crippen molar-refractivity contribution in [1.82, 2.24) is 9.78 Å². The molecule has 0 bridgehead atoms. The molecule has 1 aliphatic heterocycles. The Hall–Kier alpha value is -2.55. The van der Waals surface area contributed by atoms with E-state index in [4.69, 9.17) is 9.84 Å². The Kier molecular flexibility index (Phi) is 2.78. The molecule has 3 nitrogen and oxygen atoms in total. The van der Waals surface area contributed by atoms with Crippen LogP contribution in [0.4, 0.5) is 0 Å². The monoisotopic (exact) mass is 276 g/mol. The molecule has 1 aliphatic rings. The van der Waals surface area contributed by atoms with E-state index in [1.54, 1.807) is 0 Å². The maximum absolute atomic E-state index is 5.53. The zero-order valence-corrected chi connectivity index (χ0v) is 11.7. The topological polar surface area (TPSA) is 27.1 Å². The summed E-state index contributed by atoms with van der Waals surface area (Å²) < 4.78 is 7.59. The van der Waals surface area contributed by atoms with Gasteiger partial charge in [-0.1, -0.05) is 55.1 Å². The number of para-hydroxylation sites is 1. The van der Waals surface area contributed by atoms with E-state index in [1.807, 2.05) is 24.3 Å². The molecule has 21 heavy (non-hydrogen) atoms. The number of hydrogen-bond acceptors (Lipinski definition) is 2. The number of allylic oxidation sites excluding steroid dienone is 1. The predicted octanol–water partition coefficient (Wildman–Crippen LogP) is 4.18. The molecule has 2 heterocycles. The zero-order valence-electron chi connectivity index (χ0n) is 11.7. The van der Waals surface area contributed by atoms with Crippen LogP contribution in [0.2, 0.25) is 0 Å². The highest BCUT2D eigenvalue weighted by atomic mass is 16.5. The molecule has 0 aliphatic carbocycles. The minimum absolute atomic E-state index is 0.132. The molecule has 0 spiro atoms. The average molecular weight is 276 g/mol. The highest BCUT2D eigenvalue weighted by molar-refractivity contribution is 5.93. The van der Waals surface area contributed by atoms with Gasteiger partial charge in [0.25, 0.3) is 0 Å². The first-order valence-corrected chi connectivity index (χ1v) is 7.19. The average Bonchev–Trinajstić information content (AvgIpc) is 3.11. The molecule has 3 aromatic rings. The predicted molar refractivity (Wildman–Crippen MR) is 83.9 cm³/mol. The van der Waals surface area contributed by atoms with Crippen LogP contribution in [0.3, 0.4) is 0 Å². The molecule has 1 unspecified atom stereocenters. The third-order valence-corrected chi connectivity index (χ3v) is 4.01. The second kappa shape index (κ2) is 4.77. The molecule has 1 atom stereocenters. The van der Waals surface area contributed by atoms with Crippen LogP contribution < -0.4 is 0 Å². The van der Waals surface area contributed by atoms with Crippen molar-refractivity contribution >= 4 is 10.9 Å². The Labute approximate surface area is 123 Å². The molecule has 4 rings (SSSR count). The zero-order chi connectivity index (χ0) is 14.2. The van der Waals surface area contributed by atoms with Crippen molar-refractivity contribution in [3.63, 3.8) is 0 Å². The van der Waals surface area contributed by atoms with Crippen molar-refractivity contribution in [2.24, 2.45) is 0 Å². The first-order valence-electron chi connectivity index (χ1n) is 7.19. The first kappa shape index (κ1) is 12.2. The summed E-state index contributed by atoms with van der Waals surface area (Å²) in [5.41, 5.74) is 3.29. The van der Waals surface area contributed by atoms with E-state index in [9.17, 15) is 0 Å². The fourth-order valence-corrected chi connectivity index (χ4v) is 2.95. The molecule has 0 amide bonds. The van der Waals surface area contributed by atoms with E-state index in [0.717, 1.165) is 35.6 Å². The van der Waals surface area contributed by atoms with E-state index in [0.29, 0.717) is 0 Å². The minimum atomic E-state index is 0.132. The molecule has 0 N–H and O–H groups in total. The van der Waals surface area contributed by atoms with Crippen molar-refractivity contribution in [1.29, 1.82) is 0 Å². The van der Waals surface area contributed by atoms with Gasteiger partial charge < -0.3 is 4.74 Å². The number of ether oxygens (including phenoxy) is 1. The van der Waals surface area contributed by atoms with Crippen molar-refractivity contribution in [2.45, 2.75) is 12.5 Å². The van der Waals surface area contributed by atoms with E-state index in [2.05, 4.69) is 41.6 Å². The van der Waals surface area contributed by atoms with Gasteiger partial charge >= 0.3 is 0 Å². The fraction of sp³-hybridized carbons (Fsp3) is 0.167. The number of fused-ring (bicyclic) bond motifs is 1. The maximum Gasteiger partial charge on any atom is 0.114 e. The molecule has 1 fully saturated rings. The molecule has 1 saturated heterocycles. The van der Waals surface area contributed by atoms with Crippen LogP contribution >= 0.6 is 0 Å². The third kappa shape index (κ3) is 1.93. The van der Waals surface area contributed by atoms with Crippen molar-refractivity contribution in [3.8, 4) is 11.3 Å². The molecule has 104 valence electrons. The number of nitrogens with zero attached hydrogens (tertiary/aromatic N) is 2. The quantitative estimate of drug-likeness (QED) is 0.702. The summed E-state index contributed by atoms with van der Waals surface area (Å²) in [6.07, 6.45) is 0.929. The molecular formula is C18H16N2O.